The van der Waals surface area contributed by atoms with Crippen molar-refractivity contribution in [3.05, 3.63) is 44.3 Å². The van der Waals surface area contributed by atoms with Crippen LogP contribution in [-0.4, -0.2) is 11.0 Å². The highest BCUT2D eigenvalue weighted by Crippen LogP contribution is 2.29. The van der Waals surface area contributed by atoms with Gasteiger partial charge in [0.25, 0.3) is 5.69 Å². The monoisotopic (exact) mass is 336 g/mol. The van der Waals surface area contributed by atoms with Gasteiger partial charge in [-0.2, -0.15) is 0 Å². The molecule has 1 aromatic rings. The normalized spacial score (nSPS) is 11.9. The number of anilines is 1. The van der Waals surface area contributed by atoms with Crippen LogP contribution in [0.2, 0.25) is 0 Å². The van der Waals surface area contributed by atoms with E-state index in [-0.39, 0.29) is 21.0 Å². The van der Waals surface area contributed by atoms with E-state index in [0.29, 0.717) is 0 Å². The molecule has 0 aromatic heterocycles. The first kappa shape index (κ1) is 12.9. The molecule has 1 N–H and O–H groups in total. The molecule has 0 saturated carbocycles. The standard InChI is InChI=1S/C10H10FIN2O2/c1-3-6(2)13-9-4-7(11)8(12)5-10(9)14(15)16/h3-6,13H,1H2,2H3. The second kappa shape index (κ2) is 5.24. The molecule has 0 amide bonds. The molecule has 0 fully saturated rings. The Kier molecular flexibility index (Phi) is 4.22. The summed E-state index contributed by atoms with van der Waals surface area (Å²) in [6.07, 6.45) is 1.58. The van der Waals surface area contributed by atoms with Crippen molar-refractivity contribution in [2.24, 2.45) is 0 Å². The maximum absolute atomic E-state index is 13.3. The minimum Gasteiger partial charge on any atom is -0.374 e. The summed E-state index contributed by atoms with van der Waals surface area (Å²) in [7, 11) is 0. The number of rotatable bonds is 4. The molecule has 1 rings (SSSR count). The number of hydrogen-bond acceptors (Lipinski definition) is 3. The predicted molar refractivity (Wildman–Crippen MR) is 69.1 cm³/mol. The first-order chi connectivity index (χ1) is 7.45. The van der Waals surface area contributed by atoms with Gasteiger partial charge in [-0.25, -0.2) is 4.39 Å². The summed E-state index contributed by atoms with van der Waals surface area (Å²) in [5.41, 5.74) is 0.0230. The van der Waals surface area contributed by atoms with Gasteiger partial charge in [0.05, 0.1) is 8.49 Å². The number of nitrogens with zero attached hydrogens (tertiary/aromatic N) is 1. The number of nitro groups is 1. The summed E-state index contributed by atoms with van der Waals surface area (Å²) in [4.78, 5) is 10.2. The van der Waals surface area contributed by atoms with Gasteiger partial charge in [0.1, 0.15) is 11.5 Å². The van der Waals surface area contributed by atoms with E-state index in [1.54, 1.807) is 35.6 Å². The zero-order chi connectivity index (χ0) is 12.3. The van der Waals surface area contributed by atoms with Crippen LogP contribution in [0.3, 0.4) is 0 Å². The molecule has 0 aliphatic heterocycles. The van der Waals surface area contributed by atoms with Crippen molar-refractivity contribution in [2.75, 3.05) is 5.32 Å². The molecule has 1 aromatic carbocycles. The number of nitro benzene ring substituents is 1. The van der Waals surface area contributed by atoms with E-state index in [0.717, 1.165) is 6.07 Å². The lowest BCUT2D eigenvalue weighted by Gasteiger charge is -2.11. The fourth-order valence-corrected chi connectivity index (χ4v) is 1.56. The highest BCUT2D eigenvalue weighted by atomic mass is 127. The topological polar surface area (TPSA) is 55.2 Å². The average molecular weight is 336 g/mol. The van der Waals surface area contributed by atoms with Crippen LogP contribution < -0.4 is 5.32 Å². The molecule has 0 bridgehead atoms. The van der Waals surface area contributed by atoms with E-state index in [1.165, 1.54) is 6.07 Å². The van der Waals surface area contributed by atoms with E-state index in [2.05, 4.69) is 11.9 Å². The molecule has 4 nitrogen and oxygen atoms in total. The Morgan fingerprint density at radius 1 is 1.69 bits per heavy atom. The van der Waals surface area contributed by atoms with Crippen molar-refractivity contribution in [3.63, 3.8) is 0 Å². The maximum atomic E-state index is 13.3. The van der Waals surface area contributed by atoms with E-state index in [9.17, 15) is 14.5 Å². The van der Waals surface area contributed by atoms with Crippen LogP contribution in [0.4, 0.5) is 15.8 Å². The summed E-state index contributed by atoms with van der Waals surface area (Å²) in [5, 5.41) is 13.6. The molecule has 0 radical (unpaired) electrons. The number of benzene rings is 1. The third-order valence-corrected chi connectivity index (χ3v) is 2.80. The van der Waals surface area contributed by atoms with Gasteiger partial charge in [0, 0.05) is 18.2 Å². The fourth-order valence-electron chi connectivity index (χ4n) is 1.11. The lowest BCUT2D eigenvalue weighted by Crippen LogP contribution is -2.13. The van der Waals surface area contributed by atoms with Crippen molar-refractivity contribution in [3.8, 4) is 0 Å². The summed E-state index contributed by atoms with van der Waals surface area (Å²) >= 11 is 1.72. The van der Waals surface area contributed by atoms with Crippen molar-refractivity contribution < 1.29 is 9.31 Å². The third kappa shape index (κ3) is 2.91. The van der Waals surface area contributed by atoms with Gasteiger partial charge in [-0.1, -0.05) is 6.08 Å². The highest BCUT2D eigenvalue weighted by Gasteiger charge is 2.17. The van der Waals surface area contributed by atoms with Gasteiger partial charge in [0.15, 0.2) is 0 Å². The van der Waals surface area contributed by atoms with Crippen molar-refractivity contribution in [2.45, 2.75) is 13.0 Å². The number of halogens is 2. The van der Waals surface area contributed by atoms with Gasteiger partial charge < -0.3 is 5.32 Å². The zero-order valence-corrected chi connectivity index (χ0v) is 10.7. The lowest BCUT2D eigenvalue weighted by atomic mass is 10.2. The van der Waals surface area contributed by atoms with Crippen LogP contribution in [0.15, 0.2) is 24.8 Å². The minimum absolute atomic E-state index is 0.139. The van der Waals surface area contributed by atoms with Gasteiger partial charge in [-0.15, -0.1) is 6.58 Å². The molecule has 0 heterocycles. The Balaban J connectivity index is 3.19. The minimum atomic E-state index is -0.542. The molecule has 6 heteroatoms. The molecule has 0 aliphatic rings. The summed E-state index contributed by atoms with van der Waals surface area (Å²) < 4.78 is 13.5. The Hall–Kier alpha value is -1.18. The Morgan fingerprint density at radius 3 is 2.81 bits per heavy atom. The Morgan fingerprint density at radius 2 is 2.31 bits per heavy atom. The van der Waals surface area contributed by atoms with E-state index >= 15 is 0 Å². The predicted octanol–water partition coefficient (Wildman–Crippen LogP) is 3.32. The lowest BCUT2D eigenvalue weighted by molar-refractivity contribution is -0.384. The average Bonchev–Trinajstić information content (AvgIpc) is 2.22. The molecule has 0 aliphatic carbocycles. The van der Waals surface area contributed by atoms with Gasteiger partial charge in [-0.3, -0.25) is 10.1 Å². The van der Waals surface area contributed by atoms with Crippen LogP contribution in [0.1, 0.15) is 6.92 Å². The third-order valence-electron chi connectivity index (χ3n) is 1.97. The fraction of sp³-hybridized carbons (Fsp3) is 0.200. The summed E-state index contributed by atoms with van der Waals surface area (Å²) in [6, 6.07) is 2.16. The summed E-state index contributed by atoms with van der Waals surface area (Å²) in [6.45, 7) is 5.31. The van der Waals surface area contributed by atoms with E-state index in [1.807, 2.05) is 0 Å². The second-order valence-electron chi connectivity index (χ2n) is 3.21. The molecular formula is C10H10FIN2O2. The van der Waals surface area contributed by atoms with Gasteiger partial charge in [-0.05, 0) is 29.5 Å². The molecule has 1 atom stereocenters. The first-order valence-corrected chi connectivity index (χ1v) is 5.56. The summed E-state index contributed by atoms with van der Waals surface area (Å²) in [5.74, 6) is -0.482. The van der Waals surface area contributed by atoms with Crippen molar-refractivity contribution >= 4 is 34.0 Å². The second-order valence-corrected chi connectivity index (χ2v) is 4.37. The van der Waals surface area contributed by atoms with Gasteiger partial charge in [0.2, 0.25) is 0 Å². The zero-order valence-electron chi connectivity index (χ0n) is 8.54. The number of nitrogens with one attached hydrogen (secondary N) is 1. The Labute approximate surface area is 106 Å². The van der Waals surface area contributed by atoms with Crippen LogP contribution in [0.25, 0.3) is 0 Å². The largest absolute Gasteiger partial charge is 0.374 e. The first-order valence-electron chi connectivity index (χ1n) is 4.48. The van der Waals surface area contributed by atoms with Crippen LogP contribution in [-0.2, 0) is 0 Å². The SMILES string of the molecule is C=CC(C)Nc1cc(F)c(I)cc1[N+](=O)[O-]. The van der Waals surface area contributed by atoms with E-state index in [4.69, 9.17) is 0 Å². The van der Waals surface area contributed by atoms with Crippen LogP contribution in [0, 0.1) is 19.5 Å². The highest BCUT2D eigenvalue weighted by molar-refractivity contribution is 14.1. The van der Waals surface area contributed by atoms with Crippen LogP contribution in [0.5, 0.6) is 0 Å². The number of hydrogen-bond donors (Lipinski definition) is 1. The van der Waals surface area contributed by atoms with Crippen molar-refractivity contribution in [1.29, 1.82) is 0 Å². The van der Waals surface area contributed by atoms with Crippen molar-refractivity contribution in [1.82, 2.24) is 0 Å². The molecule has 0 spiro atoms. The smallest absolute Gasteiger partial charge is 0.293 e. The molecule has 86 valence electrons. The maximum Gasteiger partial charge on any atom is 0.293 e. The molecule has 0 saturated heterocycles. The quantitative estimate of drug-likeness (QED) is 0.397. The molecule has 1 unspecified atom stereocenters. The molecule has 16 heavy (non-hydrogen) atoms. The van der Waals surface area contributed by atoms with Crippen LogP contribution >= 0.6 is 22.6 Å². The van der Waals surface area contributed by atoms with E-state index < -0.39 is 10.7 Å². The Bertz CT molecular complexity index is 437. The molecular weight excluding hydrogens is 326 g/mol. The van der Waals surface area contributed by atoms with Gasteiger partial charge >= 0.3 is 0 Å².